The Bertz CT molecular complexity index is 1220. The molecule has 2 heteroatoms. The molecule has 1 nitrogen and oxygen atoms in total. The molecule has 31 heavy (non-hydrogen) atoms. The van der Waals surface area contributed by atoms with E-state index < -0.39 is 0 Å². The van der Waals surface area contributed by atoms with E-state index in [0.717, 1.165) is 24.3 Å². The Morgan fingerprint density at radius 3 is 1.87 bits per heavy atom. The number of anilines is 3. The maximum atomic E-state index is 6.23. The molecule has 1 aliphatic carbocycles. The zero-order valence-electron chi connectivity index (χ0n) is 18.0. The molecule has 0 radical (unpaired) electrons. The second-order valence-corrected chi connectivity index (χ2v) is 8.77. The van der Waals surface area contributed by atoms with Crippen LogP contribution in [0.25, 0.3) is 11.1 Å². The van der Waals surface area contributed by atoms with Crippen LogP contribution < -0.4 is 4.90 Å². The highest BCUT2D eigenvalue weighted by Gasteiger charge is 2.19. The first-order valence-corrected chi connectivity index (χ1v) is 11.4. The molecule has 0 aromatic heterocycles. The van der Waals surface area contributed by atoms with Crippen molar-refractivity contribution in [1.29, 1.82) is 0 Å². The quantitative estimate of drug-likeness (QED) is 0.318. The van der Waals surface area contributed by atoms with Crippen LogP contribution in [0.3, 0.4) is 0 Å². The largest absolute Gasteiger partial charge is 0.310 e. The number of aryl methyl sites for hydroxylation is 4. The van der Waals surface area contributed by atoms with Gasteiger partial charge in [-0.1, -0.05) is 60.5 Å². The highest BCUT2D eigenvalue weighted by Crippen LogP contribution is 2.40. The minimum Gasteiger partial charge on any atom is -0.310 e. The van der Waals surface area contributed by atoms with Crippen molar-refractivity contribution in [3.63, 3.8) is 0 Å². The molecule has 0 atom stereocenters. The molecule has 1 aliphatic rings. The Hall–Kier alpha value is -3.03. The van der Waals surface area contributed by atoms with E-state index in [2.05, 4.69) is 97.6 Å². The van der Waals surface area contributed by atoms with Crippen LogP contribution >= 0.6 is 11.6 Å². The Morgan fingerprint density at radius 1 is 0.677 bits per heavy atom. The van der Waals surface area contributed by atoms with E-state index in [1.54, 1.807) is 0 Å². The van der Waals surface area contributed by atoms with E-state index in [9.17, 15) is 0 Å². The fourth-order valence-corrected chi connectivity index (χ4v) is 4.71. The summed E-state index contributed by atoms with van der Waals surface area (Å²) >= 11 is 6.23. The predicted molar refractivity (Wildman–Crippen MR) is 133 cm³/mol. The molecule has 0 unspecified atom stereocenters. The SMILES string of the molecule is CCc1ccc(N(c2ccc(C)cc2)c2ccc3c(c2)CCc2cc(Cl)ccc2-3)cc1. The van der Waals surface area contributed by atoms with Crippen LogP contribution in [-0.4, -0.2) is 0 Å². The number of nitrogens with zero attached hydrogens (tertiary/aromatic N) is 1. The van der Waals surface area contributed by atoms with Gasteiger partial charge in [0.25, 0.3) is 0 Å². The first-order chi connectivity index (χ1) is 15.1. The molecular weight excluding hydrogens is 398 g/mol. The minimum absolute atomic E-state index is 0.819. The summed E-state index contributed by atoms with van der Waals surface area (Å²) in [6, 6.07) is 30.9. The highest BCUT2D eigenvalue weighted by atomic mass is 35.5. The fraction of sp³-hybridized carbons (Fsp3) is 0.172. The van der Waals surface area contributed by atoms with Gasteiger partial charge in [-0.05, 0) is 103 Å². The van der Waals surface area contributed by atoms with E-state index in [-0.39, 0.29) is 0 Å². The lowest BCUT2D eigenvalue weighted by Crippen LogP contribution is -2.12. The van der Waals surface area contributed by atoms with Gasteiger partial charge in [-0.3, -0.25) is 0 Å². The summed E-state index contributed by atoms with van der Waals surface area (Å²) in [5.41, 5.74) is 11.6. The fourth-order valence-electron chi connectivity index (χ4n) is 4.51. The first-order valence-electron chi connectivity index (χ1n) is 11.0. The molecule has 0 saturated carbocycles. The lowest BCUT2D eigenvalue weighted by Gasteiger charge is -2.28. The van der Waals surface area contributed by atoms with Crippen LogP contribution in [0.15, 0.2) is 84.9 Å². The smallest absolute Gasteiger partial charge is 0.0464 e. The summed E-state index contributed by atoms with van der Waals surface area (Å²) in [5, 5.41) is 0.819. The first kappa shape index (κ1) is 19.9. The monoisotopic (exact) mass is 423 g/mol. The van der Waals surface area contributed by atoms with Crippen molar-refractivity contribution in [2.45, 2.75) is 33.1 Å². The molecule has 0 N–H and O–H groups in total. The van der Waals surface area contributed by atoms with Crippen molar-refractivity contribution < 1.29 is 0 Å². The van der Waals surface area contributed by atoms with E-state index >= 15 is 0 Å². The molecule has 0 saturated heterocycles. The molecule has 0 aliphatic heterocycles. The van der Waals surface area contributed by atoms with Gasteiger partial charge in [-0.2, -0.15) is 0 Å². The molecule has 0 fully saturated rings. The van der Waals surface area contributed by atoms with Gasteiger partial charge in [-0.25, -0.2) is 0 Å². The van der Waals surface area contributed by atoms with Gasteiger partial charge in [0.1, 0.15) is 0 Å². The van der Waals surface area contributed by atoms with Crippen LogP contribution in [0.1, 0.15) is 29.2 Å². The summed E-state index contributed by atoms with van der Waals surface area (Å²) in [7, 11) is 0. The lowest BCUT2D eigenvalue weighted by molar-refractivity contribution is 0.941. The van der Waals surface area contributed by atoms with Crippen LogP contribution in [-0.2, 0) is 19.3 Å². The zero-order valence-corrected chi connectivity index (χ0v) is 18.8. The second-order valence-electron chi connectivity index (χ2n) is 8.33. The average molecular weight is 424 g/mol. The van der Waals surface area contributed by atoms with E-state index in [1.807, 2.05) is 6.07 Å². The Labute approximate surface area is 189 Å². The van der Waals surface area contributed by atoms with Crippen molar-refractivity contribution >= 4 is 28.7 Å². The molecule has 0 amide bonds. The number of halogens is 1. The molecular formula is C29H26ClN. The Morgan fingerprint density at radius 2 is 1.23 bits per heavy atom. The third kappa shape index (κ3) is 3.86. The van der Waals surface area contributed by atoms with Gasteiger partial charge in [0, 0.05) is 22.1 Å². The van der Waals surface area contributed by atoms with Crippen LogP contribution in [0, 0.1) is 6.92 Å². The number of hydrogen-bond donors (Lipinski definition) is 0. The topological polar surface area (TPSA) is 3.24 Å². The molecule has 0 heterocycles. The number of rotatable bonds is 4. The Kier molecular flexibility index (Phi) is 5.29. The molecule has 154 valence electrons. The standard InChI is InChI=1S/C29H26ClN/c1-3-21-6-13-26(14-7-21)31(25-11-4-20(2)5-12-25)27-15-17-29-23(19-27)9-8-22-18-24(30)10-16-28(22)29/h4-7,10-19H,3,8-9H2,1-2H3. The third-order valence-corrected chi connectivity index (χ3v) is 6.50. The van der Waals surface area contributed by atoms with Crippen molar-refractivity contribution in [3.8, 4) is 11.1 Å². The zero-order chi connectivity index (χ0) is 21.4. The maximum absolute atomic E-state index is 6.23. The second kappa shape index (κ2) is 8.24. The van der Waals surface area contributed by atoms with Gasteiger partial charge in [-0.15, -0.1) is 0 Å². The van der Waals surface area contributed by atoms with Gasteiger partial charge < -0.3 is 4.90 Å². The van der Waals surface area contributed by atoms with E-state index in [1.165, 1.54) is 50.4 Å². The molecule has 0 bridgehead atoms. The van der Waals surface area contributed by atoms with Gasteiger partial charge in [0.2, 0.25) is 0 Å². The van der Waals surface area contributed by atoms with Crippen molar-refractivity contribution in [2.75, 3.05) is 4.90 Å². The maximum Gasteiger partial charge on any atom is 0.0464 e. The van der Waals surface area contributed by atoms with Gasteiger partial charge in [0.15, 0.2) is 0 Å². The number of fused-ring (bicyclic) bond motifs is 3. The summed E-state index contributed by atoms with van der Waals surface area (Å²) in [5.74, 6) is 0. The molecule has 5 rings (SSSR count). The van der Waals surface area contributed by atoms with E-state index in [0.29, 0.717) is 0 Å². The molecule has 0 spiro atoms. The molecule has 4 aromatic rings. The lowest BCUT2D eigenvalue weighted by atomic mass is 9.85. The van der Waals surface area contributed by atoms with Crippen LogP contribution in [0.4, 0.5) is 17.1 Å². The van der Waals surface area contributed by atoms with Crippen molar-refractivity contribution in [2.24, 2.45) is 0 Å². The minimum atomic E-state index is 0.819. The van der Waals surface area contributed by atoms with Crippen molar-refractivity contribution in [3.05, 3.63) is 112 Å². The van der Waals surface area contributed by atoms with Gasteiger partial charge in [0.05, 0.1) is 0 Å². The summed E-state index contributed by atoms with van der Waals surface area (Å²) < 4.78 is 0. The van der Waals surface area contributed by atoms with Crippen molar-refractivity contribution in [1.82, 2.24) is 0 Å². The third-order valence-electron chi connectivity index (χ3n) is 6.26. The predicted octanol–water partition coefficient (Wildman–Crippen LogP) is 8.45. The summed E-state index contributed by atoms with van der Waals surface area (Å²) in [6.45, 7) is 4.33. The number of hydrogen-bond acceptors (Lipinski definition) is 1. The van der Waals surface area contributed by atoms with Crippen LogP contribution in [0.5, 0.6) is 0 Å². The number of benzene rings is 4. The van der Waals surface area contributed by atoms with Crippen LogP contribution in [0.2, 0.25) is 5.02 Å². The van der Waals surface area contributed by atoms with E-state index in [4.69, 9.17) is 11.6 Å². The molecule has 4 aromatic carbocycles. The summed E-state index contributed by atoms with van der Waals surface area (Å²) in [4.78, 5) is 2.36. The summed E-state index contributed by atoms with van der Waals surface area (Å²) in [6.07, 6.45) is 3.11. The highest BCUT2D eigenvalue weighted by molar-refractivity contribution is 6.30. The Balaban J connectivity index is 1.61. The normalized spacial score (nSPS) is 12.2. The average Bonchev–Trinajstić information content (AvgIpc) is 2.80. The van der Waals surface area contributed by atoms with Gasteiger partial charge >= 0.3 is 0 Å².